The van der Waals surface area contributed by atoms with Crippen molar-refractivity contribution in [3.8, 4) is 0 Å². The van der Waals surface area contributed by atoms with Crippen LogP contribution in [0.15, 0.2) is 29.2 Å². The quantitative estimate of drug-likeness (QED) is 0.609. The predicted octanol–water partition coefficient (Wildman–Crippen LogP) is 1.87. The molecule has 1 N–H and O–H groups in total. The Labute approximate surface area is 185 Å². The Hall–Kier alpha value is -1.97. The van der Waals surface area contributed by atoms with Crippen molar-refractivity contribution in [3.63, 3.8) is 0 Å². The Morgan fingerprint density at radius 3 is 2.48 bits per heavy atom. The van der Waals surface area contributed by atoms with E-state index < -0.39 is 10.0 Å². The number of hydrogen-bond acceptors (Lipinski definition) is 5. The number of nitrogens with zero attached hydrogens (tertiary/aromatic N) is 2. The van der Waals surface area contributed by atoms with Crippen molar-refractivity contribution in [2.45, 2.75) is 43.4 Å². The molecular weight excluding hydrogens is 418 g/mol. The Bertz CT molecular complexity index is 860. The first kappa shape index (κ1) is 23.7. The van der Waals surface area contributed by atoms with Crippen LogP contribution in [0, 0.1) is 5.92 Å². The van der Waals surface area contributed by atoms with Gasteiger partial charge in [0.05, 0.1) is 4.90 Å². The summed E-state index contributed by atoms with van der Waals surface area (Å²) >= 11 is 0. The first-order chi connectivity index (χ1) is 14.9. The van der Waals surface area contributed by atoms with Crippen molar-refractivity contribution in [1.82, 2.24) is 14.5 Å². The van der Waals surface area contributed by atoms with E-state index in [2.05, 4.69) is 5.32 Å². The Kier molecular flexibility index (Phi) is 8.45. The molecule has 3 rings (SSSR count). The second-order valence-corrected chi connectivity index (χ2v) is 10.1. The molecule has 8 nitrogen and oxygen atoms in total. The molecule has 31 heavy (non-hydrogen) atoms. The van der Waals surface area contributed by atoms with Crippen LogP contribution in [0.25, 0.3) is 0 Å². The highest BCUT2D eigenvalue weighted by Crippen LogP contribution is 2.23. The van der Waals surface area contributed by atoms with E-state index in [-0.39, 0.29) is 22.6 Å². The molecule has 2 heterocycles. The van der Waals surface area contributed by atoms with Gasteiger partial charge in [-0.15, -0.1) is 0 Å². The highest BCUT2D eigenvalue weighted by Gasteiger charge is 2.29. The molecule has 1 aromatic carbocycles. The number of likely N-dealkylation sites (tertiary alicyclic amines) is 1. The monoisotopic (exact) mass is 451 g/mol. The molecule has 2 aliphatic heterocycles. The number of nitrogens with one attached hydrogen (secondary N) is 1. The summed E-state index contributed by atoms with van der Waals surface area (Å²) in [4.78, 5) is 27.1. The maximum absolute atomic E-state index is 13.0. The largest absolute Gasteiger partial charge is 0.385 e. The average molecular weight is 452 g/mol. The van der Waals surface area contributed by atoms with Gasteiger partial charge in [-0.3, -0.25) is 9.59 Å². The van der Waals surface area contributed by atoms with Crippen LogP contribution in [-0.4, -0.2) is 75.9 Å². The van der Waals surface area contributed by atoms with Gasteiger partial charge in [0.25, 0.3) is 5.91 Å². The number of sulfonamides is 1. The van der Waals surface area contributed by atoms with Crippen molar-refractivity contribution >= 4 is 21.8 Å². The molecule has 0 aromatic heterocycles. The van der Waals surface area contributed by atoms with Gasteiger partial charge in [-0.1, -0.05) is 12.5 Å². The van der Waals surface area contributed by atoms with Crippen LogP contribution in [0.3, 0.4) is 0 Å². The first-order valence-electron chi connectivity index (χ1n) is 11.1. The summed E-state index contributed by atoms with van der Waals surface area (Å²) in [6, 6.07) is 6.33. The lowest BCUT2D eigenvalue weighted by molar-refractivity contribution is -0.126. The number of hydrogen-bond donors (Lipinski definition) is 1. The lowest BCUT2D eigenvalue weighted by Crippen LogP contribution is -2.43. The van der Waals surface area contributed by atoms with Gasteiger partial charge in [-0.25, -0.2) is 8.42 Å². The SMILES string of the molecule is COCCCNC(=O)C1CCN(C(=O)c2cccc(S(=O)(=O)N3CCCCC3)c2)CC1. The molecule has 172 valence electrons. The smallest absolute Gasteiger partial charge is 0.253 e. The summed E-state index contributed by atoms with van der Waals surface area (Å²) < 4.78 is 32.4. The van der Waals surface area contributed by atoms with Crippen LogP contribution in [0.4, 0.5) is 0 Å². The molecule has 0 unspecified atom stereocenters. The zero-order chi connectivity index (χ0) is 22.3. The lowest BCUT2D eigenvalue weighted by atomic mass is 9.95. The van der Waals surface area contributed by atoms with E-state index in [1.807, 2.05) is 0 Å². The summed E-state index contributed by atoms with van der Waals surface area (Å²) in [7, 11) is -1.95. The van der Waals surface area contributed by atoms with Crippen LogP contribution < -0.4 is 5.32 Å². The third-order valence-electron chi connectivity index (χ3n) is 6.01. The summed E-state index contributed by atoms with van der Waals surface area (Å²) in [5.41, 5.74) is 0.376. The number of carbonyl (C=O) groups excluding carboxylic acids is 2. The van der Waals surface area contributed by atoms with Gasteiger partial charge in [-0.2, -0.15) is 4.31 Å². The molecular formula is C22H33N3O5S. The van der Waals surface area contributed by atoms with Crippen molar-refractivity contribution < 1.29 is 22.7 Å². The number of methoxy groups -OCH3 is 1. The molecule has 0 spiro atoms. The fourth-order valence-corrected chi connectivity index (χ4v) is 5.71. The summed E-state index contributed by atoms with van der Waals surface area (Å²) in [5, 5.41) is 2.92. The maximum atomic E-state index is 13.0. The fraction of sp³-hybridized carbons (Fsp3) is 0.636. The second-order valence-electron chi connectivity index (χ2n) is 8.20. The normalized spacial score (nSPS) is 18.7. The summed E-state index contributed by atoms with van der Waals surface area (Å²) in [6.07, 6.45) is 4.77. The van der Waals surface area contributed by atoms with Crippen LogP contribution in [0.1, 0.15) is 48.9 Å². The van der Waals surface area contributed by atoms with Gasteiger partial charge in [0.15, 0.2) is 0 Å². The zero-order valence-electron chi connectivity index (χ0n) is 18.2. The Morgan fingerprint density at radius 1 is 1.10 bits per heavy atom. The van der Waals surface area contributed by atoms with E-state index in [9.17, 15) is 18.0 Å². The van der Waals surface area contributed by atoms with Crippen LogP contribution >= 0.6 is 0 Å². The van der Waals surface area contributed by atoms with Gasteiger partial charge < -0.3 is 15.0 Å². The predicted molar refractivity (Wildman–Crippen MR) is 117 cm³/mol. The molecule has 2 aliphatic rings. The molecule has 2 saturated heterocycles. The number of rotatable bonds is 8. The number of piperidine rings is 2. The molecule has 0 bridgehead atoms. The van der Waals surface area contributed by atoms with Gasteiger partial charge in [0.1, 0.15) is 0 Å². The third-order valence-corrected chi connectivity index (χ3v) is 7.91. The van der Waals surface area contributed by atoms with Gasteiger partial charge in [0.2, 0.25) is 15.9 Å². The molecule has 0 saturated carbocycles. The van der Waals surface area contributed by atoms with E-state index in [0.717, 1.165) is 25.7 Å². The van der Waals surface area contributed by atoms with Gasteiger partial charge >= 0.3 is 0 Å². The molecule has 0 radical (unpaired) electrons. The number of ether oxygens (including phenoxy) is 1. The molecule has 1 aromatic rings. The Morgan fingerprint density at radius 2 is 1.81 bits per heavy atom. The van der Waals surface area contributed by atoms with E-state index in [4.69, 9.17) is 4.74 Å². The topological polar surface area (TPSA) is 96.0 Å². The minimum absolute atomic E-state index is 0.0258. The number of benzene rings is 1. The fourth-order valence-electron chi connectivity index (χ4n) is 4.14. The van der Waals surface area contributed by atoms with E-state index in [1.54, 1.807) is 30.2 Å². The van der Waals surface area contributed by atoms with Gasteiger partial charge in [0, 0.05) is 57.9 Å². The van der Waals surface area contributed by atoms with Crippen LogP contribution in [-0.2, 0) is 19.6 Å². The third kappa shape index (κ3) is 6.05. The van der Waals surface area contributed by atoms with Crippen molar-refractivity contribution in [3.05, 3.63) is 29.8 Å². The highest BCUT2D eigenvalue weighted by atomic mass is 32.2. The van der Waals surface area contributed by atoms with Crippen LogP contribution in [0.5, 0.6) is 0 Å². The van der Waals surface area contributed by atoms with Crippen molar-refractivity contribution in [1.29, 1.82) is 0 Å². The van der Waals surface area contributed by atoms with Crippen molar-refractivity contribution in [2.75, 3.05) is 46.4 Å². The van der Waals surface area contributed by atoms with Crippen molar-refractivity contribution in [2.24, 2.45) is 5.92 Å². The molecule has 2 fully saturated rings. The van der Waals surface area contributed by atoms with E-state index in [0.29, 0.717) is 57.7 Å². The number of amides is 2. The first-order valence-corrected chi connectivity index (χ1v) is 12.5. The Balaban J connectivity index is 1.58. The maximum Gasteiger partial charge on any atom is 0.253 e. The number of carbonyl (C=O) groups is 2. The van der Waals surface area contributed by atoms with Crippen LogP contribution in [0.2, 0.25) is 0 Å². The summed E-state index contributed by atoms with van der Waals surface area (Å²) in [5.74, 6) is -0.259. The van der Waals surface area contributed by atoms with E-state index in [1.165, 1.54) is 10.4 Å². The molecule has 9 heteroatoms. The molecule has 0 atom stereocenters. The molecule has 0 aliphatic carbocycles. The van der Waals surface area contributed by atoms with E-state index >= 15 is 0 Å². The summed E-state index contributed by atoms with van der Waals surface area (Å²) in [6.45, 7) is 3.23. The average Bonchev–Trinajstić information content (AvgIpc) is 2.82. The standard InChI is InChI=1S/C22H33N3O5S/c1-30-16-6-11-23-21(26)18-9-14-24(15-10-18)22(27)19-7-5-8-20(17-19)31(28,29)25-12-3-2-4-13-25/h5,7-8,17-18H,2-4,6,9-16H2,1H3,(H,23,26). The highest BCUT2D eigenvalue weighted by molar-refractivity contribution is 7.89. The second kappa shape index (κ2) is 11.1. The van der Waals surface area contributed by atoms with Gasteiger partial charge in [-0.05, 0) is 50.3 Å². The zero-order valence-corrected chi connectivity index (χ0v) is 19.0. The minimum Gasteiger partial charge on any atom is -0.385 e. The molecule has 2 amide bonds. The lowest BCUT2D eigenvalue weighted by Gasteiger charge is -2.31. The minimum atomic E-state index is -3.58.